The Hall–Kier alpha value is -1.55. The van der Waals surface area contributed by atoms with Crippen molar-refractivity contribution in [3.63, 3.8) is 0 Å². The summed E-state index contributed by atoms with van der Waals surface area (Å²) in [6.07, 6.45) is 5.96. The van der Waals surface area contributed by atoms with E-state index in [4.69, 9.17) is 9.47 Å². The second-order valence-corrected chi connectivity index (χ2v) is 6.16. The molecule has 0 N–H and O–H groups in total. The number of ether oxygens (including phenoxy) is 2. The first-order chi connectivity index (χ1) is 10.8. The zero-order valence-corrected chi connectivity index (χ0v) is 13.3. The summed E-state index contributed by atoms with van der Waals surface area (Å²) in [5, 5.41) is 0. The van der Waals surface area contributed by atoms with Gasteiger partial charge >= 0.3 is 0 Å². The molecule has 1 aromatic rings. The molecule has 3 rings (SSSR count). The van der Waals surface area contributed by atoms with Crippen molar-refractivity contribution >= 4 is 5.91 Å². The number of benzene rings is 1. The van der Waals surface area contributed by atoms with Crippen LogP contribution in [0.25, 0.3) is 0 Å². The average Bonchev–Trinajstić information content (AvgIpc) is 3.23. The van der Waals surface area contributed by atoms with Crippen LogP contribution in [0, 0.1) is 0 Å². The van der Waals surface area contributed by atoms with Gasteiger partial charge in [0.2, 0.25) is 5.91 Å². The van der Waals surface area contributed by atoms with Crippen LogP contribution in [0.15, 0.2) is 24.3 Å². The summed E-state index contributed by atoms with van der Waals surface area (Å²) >= 11 is 0. The quantitative estimate of drug-likeness (QED) is 0.839. The number of likely N-dealkylation sites (tertiary alicyclic amines) is 1. The summed E-state index contributed by atoms with van der Waals surface area (Å²) in [5.74, 6) is 1.12. The highest BCUT2D eigenvalue weighted by Gasteiger charge is 2.36. The highest BCUT2D eigenvalue weighted by molar-refractivity contribution is 5.77. The first kappa shape index (κ1) is 15.3. The van der Waals surface area contributed by atoms with Crippen molar-refractivity contribution in [2.45, 2.75) is 50.7 Å². The molecule has 120 valence electrons. The van der Waals surface area contributed by atoms with Crippen LogP contribution in [0.2, 0.25) is 0 Å². The third-order valence-corrected chi connectivity index (χ3v) is 4.81. The standard InChI is InChI=1S/C18H25NO3/c1-21-16-8-3-2-6-14(16)10-11-18(20)19-12-4-7-15(19)17-9-5-13-22-17/h2-3,6,8,15,17H,4-5,7,9-13H2,1H3. The van der Waals surface area contributed by atoms with Gasteiger partial charge in [0, 0.05) is 19.6 Å². The van der Waals surface area contributed by atoms with E-state index in [-0.39, 0.29) is 12.0 Å². The molecule has 4 nitrogen and oxygen atoms in total. The lowest BCUT2D eigenvalue weighted by atomic mass is 10.0. The smallest absolute Gasteiger partial charge is 0.223 e. The fraction of sp³-hybridized carbons (Fsp3) is 0.611. The highest BCUT2D eigenvalue weighted by atomic mass is 16.5. The van der Waals surface area contributed by atoms with Gasteiger partial charge in [0.05, 0.1) is 19.3 Å². The summed E-state index contributed by atoms with van der Waals surface area (Å²) in [7, 11) is 1.68. The van der Waals surface area contributed by atoms with Crippen LogP contribution < -0.4 is 4.74 Å². The van der Waals surface area contributed by atoms with Crippen LogP contribution >= 0.6 is 0 Å². The van der Waals surface area contributed by atoms with Crippen molar-refractivity contribution in [1.29, 1.82) is 0 Å². The molecule has 0 bridgehead atoms. The number of nitrogens with zero attached hydrogens (tertiary/aromatic N) is 1. The number of aryl methyl sites for hydroxylation is 1. The Bertz CT molecular complexity index is 511. The molecule has 0 aromatic heterocycles. The lowest BCUT2D eigenvalue weighted by molar-refractivity contribution is -0.134. The minimum atomic E-state index is 0.254. The normalized spacial score (nSPS) is 24.7. The van der Waals surface area contributed by atoms with Crippen molar-refractivity contribution in [3.05, 3.63) is 29.8 Å². The Balaban J connectivity index is 1.59. The summed E-state index contributed by atoms with van der Waals surface area (Å²) < 4.78 is 11.2. The van der Waals surface area contributed by atoms with E-state index in [2.05, 4.69) is 4.90 Å². The molecule has 0 saturated carbocycles. The Morgan fingerprint density at radius 1 is 1.32 bits per heavy atom. The molecule has 0 aliphatic carbocycles. The molecule has 0 spiro atoms. The van der Waals surface area contributed by atoms with Gasteiger partial charge in [0.25, 0.3) is 0 Å². The lowest BCUT2D eigenvalue weighted by Crippen LogP contribution is -2.42. The van der Waals surface area contributed by atoms with Gasteiger partial charge in [0.15, 0.2) is 0 Å². The molecular formula is C18H25NO3. The van der Waals surface area contributed by atoms with Crippen LogP contribution in [0.1, 0.15) is 37.7 Å². The van der Waals surface area contributed by atoms with E-state index in [9.17, 15) is 4.79 Å². The number of amides is 1. The predicted molar refractivity (Wildman–Crippen MR) is 85.0 cm³/mol. The topological polar surface area (TPSA) is 38.8 Å². The van der Waals surface area contributed by atoms with Gasteiger partial charge in [-0.05, 0) is 43.7 Å². The van der Waals surface area contributed by atoms with Crippen molar-refractivity contribution in [2.75, 3.05) is 20.3 Å². The lowest BCUT2D eigenvalue weighted by Gasteiger charge is -2.29. The first-order valence-electron chi connectivity index (χ1n) is 8.32. The summed E-state index contributed by atoms with van der Waals surface area (Å²) in [6.45, 7) is 1.74. The van der Waals surface area contributed by atoms with E-state index in [1.165, 1.54) is 0 Å². The van der Waals surface area contributed by atoms with E-state index < -0.39 is 0 Å². The second kappa shape index (κ2) is 7.14. The molecular weight excluding hydrogens is 278 g/mol. The highest BCUT2D eigenvalue weighted by Crippen LogP contribution is 2.29. The van der Waals surface area contributed by atoms with Crippen molar-refractivity contribution in [1.82, 2.24) is 4.90 Å². The van der Waals surface area contributed by atoms with Crippen LogP contribution in [-0.2, 0) is 16.0 Å². The number of rotatable bonds is 5. The maximum atomic E-state index is 12.6. The number of para-hydroxylation sites is 1. The summed E-state index contributed by atoms with van der Waals surface area (Å²) in [5.41, 5.74) is 1.10. The number of methoxy groups -OCH3 is 1. The zero-order valence-electron chi connectivity index (χ0n) is 13.3. The molecule has 1 aromatic carbocycles. The van der Waals surface area contributed by atoms with Gasteiger partial charge in [0.1, 0.15) is 5.75 Å². The first-order valence-corrected chi connectivity index (χ1v) is 8.32. The molecule has 2 aliphatic heterocycles. The minimum Gasteiger partial charge on any atom is -0.496 e. The Labute approximate surface area is 132 Å². The minimum absolute atomic E-state index is 0.254. The third-order valence-electron chi connectivity index (χ3n) is 4.81. The number of hydrogen-bond donors (Lipinski definition) is 0. The van der Waals surface area contributed by atoms with Crippen molar-refractivity contribution < 1.29 is 14.3 Å². The molecule has 2 saturated heterocycles. The van der Waals surface area contributed by atoms with E-state index >= 15 is 0 Å². The maximum absolute atomic E-state index is 12.6. The second-order valence-electron chi connectivity index (χ2n) is 6.16. The Morgan fingerprint density at radius 2 is 2.18 bits per heavy atom. The Morgan fingerprint density at radius 3 is 2.95 bits per heavy atom. The fourth-order valence-electron chi connectivity index (χ4n) is 3.69. The fourth-order valence-corrected chi connectivity index (χ4v) is 3.69. The van der Waals surface area contributed by atoms with Gasteiger partial charge in [-0.25, -0.2) is 0 Å². The van der Waals surface area contributed by atoms with Gasteiger partial charge in [-0.1, -0.05) is 18.2 Å². The summed E-state index contributed by atoms with van der Waals surface area (Å²) in [4.78, 5) is 14.7. The van der Waals surface area contributed by atoms with Crippen LogP contribution in [0.3, 0.4) is 0 Å². The molecule has 0 radical (unpaired) electrons. The van der Waals surface area contributed by atoms with E-state index in [1.807, 2.05) is 24.3 Å². The number of hydrogen-bond acceptors (Lipinski definition) is 3. The maximum Gasteiger partial charge on any atom is 0.223 e. The Kier molecular flexibility index (Phi) is 4.98. The zero-order chi connectivity index (χ0) is 15.4. The van der Waals surface area contributed by atoms with Crippen molar-refractivity contribution in [2.24, 2.45) is 0 Å². The molecule has 2 unspecified atom stereocenters. The van der Waals surface area contributed by atoms with Gasteiger partial charge in [-0.2, -0.15) is 0 Å². The van der Waals surface area contributed by atoms with Gasteiger partial charge in [-0.15, -0.1) is 0 Å². The monoisotopic (exact) mass is 303 g/mol. The largest absolute Gasteiger partial charge is 0.496 e. The van der Waals surface area contributed by atoms with Crippen LogP contribution in [0.5, 0.6) is 5.75 Å². The molecule has 2 atom stereocenters. The number of carbonyl (C=O) groups excluding carboxylic acids is 1. The average molecular weight is 303 g/mol. The van der Waals surface area contributed by atoms with Gasteiger partial charge < -0.3 is 14.4 Å². The molecule has 2 aliphatic rings. The SMILES string of the molecule is COc1ccccc1CCC(=O)N1CCCC1C1CCCO1. The van der Waals surface area contributed by atoms with E-state index in [0.29, 0.717) is 12.5 Å². The van der Waals surface area contributed by atoms with E-state index in [1.54, 1.807) is 7.11 Å². The predicted octanol–water partition coefficient (Wildman–Crippen LogP) is 2.80. The third kappa shape index (κ3) is 3.27. The van der Waals surface area contributed by atoms with Crippen molar-refractivity contribution in [3.8, 4) is 5.75 Å². The van der Waals surface area contributed by atoms with Crippen LogP contribution in [0.4, 0.5) is 0 Å². The molecule has 2 heterocycles. The molecule has 2 fully saturated rings. The molecule has 1 amide bonds. The molecule has 22 heavy (non-hydrogen) atoms. The summed E-state index contributed by atoms with van der Waals surface area (Å²) in [6, 6.07) is 8.23. The van der Waals surface area contributed by atoms with Crippen LogP contribution in [-0.4, -0.2) is 43.2 Å². The van der Waals surface area contributed by atoms with Gasteiger partial charge in [-0.3, -0.25) is 4.79 Å². The van der Waals surface area contributed by atoms with E-state index in [0.717, 1.165) is 56.6 Å². The number of carbonyl (C=O) groups is 1. The molecule has 4 heteroatoms.